The third-order valence-corrected chi connectivity index (χ3v) is 3.18. The van der Waals surface area contributed by atoms with Gasteiger partial charge in [0.15, 0.2) is 0 Å². The van der Waals surface area contributed by atoms with Gasteiger partial charge in [0, 0.05) is 25.5 Å². The van der Waals surface area contributed by atoms with E-state index < -0.39 is 6.10 Å². The minimum absolute atomic E-state index is 0.285. The van der Waals surface area contributed by atoms with E-state index in [1.165, 1.54) is 5.56 Å². The molecule has 0 fully saturated rings. The molecule has 0 saturated heterocycles. The van der Waals surface area contributed by atoms with Crippen molar-refractivity contribution in [1.29, 1.82) is 0 Å². The number of aryl methyl sites for hydroxylation is 1. The summed E-state index contributed by atoms with van der Waals surface area (Å²) in [4.78, 5) is 4.05. The molecule has 0 aliphatic carbocycles. The van der Waals surface area contributed by atoms with Gasteiger partial charge >= 0.3 is 0 Å². The molecule has 0 unspecified atom stereocenters. The number of benzene rings is 1. The van der Waals surface area contributed by atoms with E-state index in [4.69, 9.17) is 4.74 Å². The van der Waals surface area contributed by atoms with Gasteiger partial charge in [0.25, 0.3) is 0 Å². The Morgan fingerprint density at radius 3 is 2.86 bits per heavy atom. The Balaban J connectivity index is 1.68. The van der Waals surface area contributed by atoms with E-state index in [0.29, 0.717) is 13.1 Å². The molecule has 0 aliphatic heterocycles. The Morgan fingerprint density at radius 1 is 1.24 bits per heavy atom. The normalized spacial score (nSPS) is 12.1. The van der Waals surface area contributed by atoms with Crippen LogP contribution in [-0.2, 0) is 13.0 Å². The Morgan fingerprint density at radius 2 is 2.10 bits per heavy atom. The fourth-order valence-corrected chi connectivity index (χ4v) is 1.99. The minimum atomic E-state index is -0.535. The van der Waals surface area contributed by atoms with Gasteiger partial charge in [-0.3, -0.25) is 4.98 Å². The maximum atomic E-state index is 9.91. The van der Waals surface area contributed by atoms with Crippen molar-refractivity contribution in [3.63, 3.8) is 0 Å². The molecule has 2 N–H and O–H groups in total. The summed E-state index contributed by atoms with van der Waals surface area (Å²) in [5.74, 6) is 0.806. The van der Waals surface area contributed by atoms with Crippen LogP contribution in [0.4, 0.5) is 0 Å². The molecule has 0 spiro atoms. The van der Waals surface area contributed by atoms with Crippen molar-refractivity contribution in [2.75, 3.05) is 13.2 Å². The lowest BCUT2D eigenvalue weighted by Crippen LogP contribution is -2.31. The molecule has 0 saturated carbocycles. The number of pyridine rings is 1. The second kappa shape index (κ2) is 8.39. The second-order valence-corrected chi connectivity index (χ2v) is 4.96. The minimum Gasteiger partial charge on any atom is -0.491 e. The van der Waals surface area contributed by atoms with E-state index in [1.54, 1.807) is 6.20 Å². The number of ether oxygens (including phenoxy) is 1. The zero-order valence-electron chi connectivity index (χ0n) is 12.3. The van der Waals surface area contributed by atoms with Gasteiger partial charge in [-0.2, -0.15) is 0 Å². The van der Waals surface area contributed by atoms with Gasteiger partial charge in [0.1, 0.15) is 18.5 Å². The maximum Gasteiger partial charge on any atom is 0.119 e. The molecule has 2 aromatic rings. The number of nitrogens with one attached hydrogen (secondary N) is 1. The summed E-state index contributed by atoms with van der Waals surface area (Å²) in [6.45, 7) is 3.57. The van der Waals surface area contributed by atoms with Crippen molar-refractivity contribution < 1.29 is 9.84 Å². The van der Waals surface area contributed by atoms with E-state index in [0.717, 1.165) is 17.7 Å². The first-order valence-corrected chi connectivity index (χ1v) is 7.27. The standard InChI is InChI=1S/C17H22N2O2/c1-2-14-5-3-7-17(9-14)21-13-16(20)12-19-11-15-6-4-8-18-10-15/h3-10,16,19-20H,2,11-13H2,1H3/t16-/m0/s1. The lowest BCUT2D eigenvalue weighted by atomic mass is 10.2. The lowest BCUT2D eigenvalue weighted by molar-refractivity contribution is 0.106. The third-order valence-electron chi connectivity index (χ3n) is 3.18. The SMILES string of the molecule is CCc1cccc(OC[C@@H](O)CNCc2cccnc2)c1. The number of nitrogens with zero attached hydrogens (tertiary/aromatic N) is 1. The average Bonchev–Trinajstić information content (AvgIpc) is 2.54. The predicted octanol–water partition coefficient (Wildman–Crippen LogP) is 2.17. The fraction of sp³-hybridized carbons (Fsp3) is 0.353. The van der Waals surface area contributed by atoms with Gasteiger partial charge in [-0.15, -0.1) is 0 Å². The third kappa shape index (κ3) is 5.53. The largest absolute Gasteiger partial charge is 0.491 e. The van der Waals surface area contributed by atoms with Gasteiger partial charge < -0.3 is 15.2 Å². The second-order valence-electron chi connectivity index (χ2n) is 4.96. The van der Waals surface area contributed by atoms with Crippen molar-refractivity contribution >= 4 is 0 Å². The van der Waals surface area contributed by atoms with Crippen molar-refractivity contribution in [1.82, 2.24) is 10.3 Å². The summed E-state index contributed by atoms with van der Waals surface area (Å²) in [6.07, 6.45) is 4.00. The lowest BCUT2D eigenvalue weighted by Gasteiger charge is -2.13. The topological polar surface area (TPSA) is 54.4 Å². The Hall–Kier alpha value is -1.91. The van der Waals surface area contributed by atoms with E-state index in [9.17, 15) is 5.11 Å². The van der Waals surface area contributed by atoms with E-state index >= 15 is 0 Å². The molecule has 2 rings (SSSR count). The number of aliphatic hydroxyl groups excluding tert-OH is 1. The van der Waals surface area contributed by atoms with Gasteiger partial charge in [0.05, 0.1) is 0 Å². The van der Waals surface area contributed by atoms with Crippen molar-refractivity contribution in [3.05, 3.63) is 59.9 Å². The highest BCUT2D eigenvalue weighted by molar-refractivity contribution is 5.28. The van der Waals surface area contributed by atoms with Gasteiger partial charge in [0.2, 0.25) is 0 Å². The summed E-state index contributed by atoms with van der Waals surface area (Å²) < 4.78 is 5.61. The van der Waals surface area contributed by atoms with Crippen LogP contribution < -0.4 is 10.1 Å². The summed E-state index contributed by atoms with van der Waals surface area (Å²) in [5.41, 5.74) is 2.33. The zero-order valence-corrected chi connectivity index (χ0v) is 12.3. The van der Waals surface area contributed by atoms with Crippen LogP contribution in [0.3, 0.4) is 0 Å². The first kappa shape index (κ1) is 15.5. The molecule has 1 heterocycles. The molecule has 0 aliphatic rings. The molecular weight excluding hydrogens is 264 g/mol. The summed E-state index contributed by atoms with van der Waals surface area (Å²) in [6, 6.07) is 11.9. The highest BCUT2D eigenvalue weighted by Gasteiger charge is 2.05. The van der Waals surface area contributed by atoms with Gasteiger partial charge in [-0.25, -0.2) is 0 Å². The van der Waals surface area contributed by atoms with Crippen molar-refractivity contribution in [2.45, 2.75) is 26.0 Å². The Bertz CT molecular complexity index is 531. The molecule has 1 atom stereocenters. The first-order chi connectivity index (χ1) is 10.3. The monoisotopic (exact) mass is 286 g/mol. The summed E-state index contributed by atoms with van der Waals surface area (Å²) >= 11 is 0. The Labute approximate surface area is 125 Å². The summed E-state index contributed by atoms with van der Waals surface area (Å²) in [5, 5.41) is 13.1. The van der Waals surface area contributed by atoms with Crippen LogP contribution >= 0.6 is 0 Å². The first-order valence-electron chi connectivity index (χ1n) is 7.27. The smallest absolute Gasteiger partial charge is 0.119 e. The predicted molar refractivity (Wildman–Crippen MR) is 83.3 cm³/mol. The summed E-state index contributed by atoms with van der Waals surface area (Å²) in [7, 11) is 0. The number of hydrogen-bond donors (Lipinski definition) is 2. The van der Waals surface area contributed by atoms with Crippen LogP contribution in [0.2, 0.25) is 0 Å². The number of aromatic nitrogens is 1. The molecule has 0 amide bonds. The number of hydrogen-bond acceptors (Lipinski definition) is 4. The zero-order chi connectivity index (χ0) is 14.9. The van der Waals surface area contributed by atoms with Crippen LogP contribution in [0.25, 0.3) is 0 Å². The molecule has 0 bridgehead atoms. The molecule has 21 heavy (non-hydrogen) atoms. The number of rotatable bonds is 8. The molecule has 4 heteroatoms. The molecule has 112 valence electrons. The van der Waals surface area contributed by atoms with E-state index in [-0.39, 0.29) is 6.61 Å². The molecule has 0 radical (unpaired) electrons. The van der Waals surface area contributed by atoms with Crippen LogP contribution in [-0.4, -0.2) is 29.3 Å². The molecule has 1 aromatic carbocycles. The molecule has 4 nitrogen and oxygen atoms in total. The maximum absolute atomic E-state index is 9.91. The fourth-order valence-electron chi connectivity index (χ4n) is 1.99. The molecular formula is C17H22N2O2. The van der Waals surface area contributed by atoms with E-state index in [1.807, 2.05) is 36.5 Å². The van der Waals surface area contributed by atoms with Crippen molar-refractivity contribution in [3.8, 4) is 5.75 Å². The van der Waals surface area contributed by atoms with E-state index in [2.05, 4.69) is 23.3 Å². The van der Waals surface area contributed by atoms with Crippen molar-refractivity contribution in [2.24, 2.45) is 0 Å². The van der Waals surface area contributed by atoms with Crippen LogP contribution in [0.1, 0.15) is 18.1 Å². The van der Waals surface area contributed by atoms with Crippen LogP contribution in [0.15, 0.2) is 48.8 Å². The van der Waals surface area contributed by atoms with Gasteiger partial charge in [-0.05, 0) is 35.7 Å². The average molecular weight is 286 g/mol. The highest BCUT2D eigenvalue weighted by Crippen LogP contribution is 2.13. The Kier molecular flexibility index (Phi) is 6.19. The molecule has 1 aromatic heterocycles. The number of aliphatic hydroxyl groups is 1. The highest BCUT2D eigenvalue weighted by atomic mass is 16.5. The van der Waals surface area contributed by atoms with Crippen LogP contribution in [0, 0.1) is 0 Å². The van der Waals surface area contributed by atoms with Crippen LogP contribution in [0.5, 0.6) is 5.75 Å². The van der Waals surface area contributed by atoms with Gasteiger partial charge in [-0.1, -0.05) is 25.1 Å². The quantitative estimate of drug-likeness (QED) is 0.781.